The van der Waals surface area contributed by atoms with Crippen LogP contribution >= 0.6 is 0 Å². The number of rotatable bonds is 3. The predicted molar refractivity (Wildman–Crippen MR) is 113 cm³/mol. The number of aryl methyl sites for hydroxylation is 2. The molecule has 8 nitrogen and oxygen atoms in total. The van der Waals surface area contributed by atoms with Crippen LogP contribution in [-0.4, -0.2) is 29.7 Å². The smallest absolute Gasteiger partial charge is 0.250 e. The normalized spacial score (nSPS) is 28.8. The molecule has 0 saturated carbocycles. The first kappa shape index (κ1) is 19.4. The van der Waals surface area contributed by atoms with Crippen LogP contribution in [0.15, 0.2) is 42.5 Å². The molecule has 1 spiro atoms. The van der Waals surface area contributed by atoms with Gasteiger partial charge in [-0.3, -0.25) is 24.5 Å². The number of amides is 4. The van der Waals surface area contributed by atoms with Crippen molar-refractivity contribution in [3.05, 3.63) is 59.2 Å². The molecule has 0 bridgehead atoms. The van der Waals surface area contributed by atoms with E-state index in [1.807, 2.05) is 32.0 Å². The molecule has 0 unspecified atom stereocenters. The fourth-order valence-electron chi connectivity index (χ4n) is 5.53. The van der Waals surface area contributed by atoms with Crippen LogP contribution in [0.5, 0.6) is 0 Å². The number of carbonyl (C=O) groups is 4. The number of imide groups is 1. The Bertz CT molecular complexity index is 1160. The van der Waals surface area contributed by atoms with Crippen LogP contribution in [0.25, 0.3) is 0 Å². The Kier molecular flexibility index (Phi) is 4.07. The van der Waals surface area contributed by atoms with Crippen LogP contribution in [0, 0.1) is 25.7 Å². The van der Waals surface area contributed by atoms with Gasteiger partial charge in [0, 0.05) is 23.7 Å². The number of para-hydroxylation sites is 2. The highest BCUT2D eigenvalue weighted by Crippen LogP contribution is 2.54. The summed E-state index contributed by atoms with van der Waals surface area (Å²) in [7, 11) is 0. The van der Waals surface area contributed by atoms with Crippen molar-refractivity contribution in [2.45, 2.75) is 31.8 Å². The third-order valence-electron chi connectivity index (χ3n) is 6.71. The lowest BCUT2D eigenvalue weighted by Crippen LogP contribution is -2.53. The SMILES string of the molecule is Cc1cccc(C)c1N1C(=O)[C@H]2[C@H](CC(N)=O)N[C@]3(C(=O)Nc4ccccc43)[C@@H]2C1=O. The molecule has 2 aromatic carbocycles. The average Bonchev–Trinajstić information content (AvgIpc) is 3.28. The number of hydrogen-bond acceptors (Lipinski definition) is 5. The Balaban J connectivity index is 1.71. The number of benzene rings is 2. The summed E-state index contributed by atoms with van der Waals surface area (Å²) in [6.45, 7) is 3.67. The first-order valence-electron chi connectivity index (χ1n) is 10.2. The maximum absolute atomic E-state index is 13.8. The van der Waals surface area contributed by atoms with Gasteiger partial charge in [0.15, 0.2) is 0 Å². The first-order chi connectivity index (χ1) is 14.8. The second kappa shape index (κ2) is 6.49. The van der Waals surface area contributed by atoms with E-state index >= 15 is 0 Å². The minimum absolute atomic E-state index is 0.155. The third-order valence-corrected chi connectivity index (χ3v) is 6.71. The number of nitrogens with one attached hydrogen (secondary N) is 2. The zero-order valence-electron chi connectivity index (χ0n) is 17.1. The summed E-state index contributed by atoms with van der Waals surface area (Å²) in [5.74, 6) is -3.73. The van der Waals surface area contributed by atoms with Gasteiger partial charge in [-0.05, 0) is 31.0 Å². The van der Waals surface area contributed by atoms with Crippen molar-refractivity contribution in [3.8, 4) is 0 Å². The van der Waals surface area contributed by atoms with Crippen molar-refractivity contribution in [1.82, 2.24) is 5.32 Å². The highest BCUT2D eigenvalue weighted by atomic mass is 16.2. The fraction of sp³-hybridized carbons (Fsp3) is 0.304. The number of nitrogens with two attached hydrogens (primary N) is 1. The van der Waals surface area contributed by atoms with Gasteiger partial charge < -0.3 is 11.1 Å². The van der Waals surface area contributed by atoms with E-state index in [2.05, 4.69) is 10.6 Å². The summed E-state index contributed by atoms with van der Waals surface area (Å²) in [6, 6.07) is 11.9. The van der Waals surface area contributed by atoms with Crippen LogP contribution in [0.1, 0.15) is 23.1 Å². The van der Waals surface area contributed by atoms with E-state index in [9.17, 15) is 19.2 Å². The molecular formula is C23H22N4O4. The van der Waals surface area contributed by atoms with Crippen LogP contribution < -0.4 is 21.3 Å². The molecule has 4 atom stereocenters. The van der Waals surface area contributed by atoms with Gasteiger partial charge in [0.1, 0.15) is 5.54 Å². The molecule has 0 aromatic heterocycles. The second-order valence-corrected chi connectivity index (χ2v) is 8.48. The molecule has 3 aliphatic rings. The lowest BCUT2D eigenvalue weighted by molar-refractivity contribution is -0.130. The van der Waals surface area contributed by atoms with Gasteiger partial charge in [0.05, 0.1) is 17.5 Å². The standard InChI is InChI=1S/C23H22N4O4/c1-11-6-5-7-12(2)19(11)27-20(29)17-15(10-16(24)28)26-23(18(17)21(27)30)13-8-3-4-9-14(13)25-22(23)31/h3-9,15,17-18,26H,10H2,1-2H3,(H2,24,28)(H,25,31)/t15-,17-,18-,23-/m0/s1. The van der Waals surface area contributed by atoms with E-state index in [0.29, 0.717) is 16.9 Å². The summed E-state index contributed by atoms with van der Waals surface area (Å²) in [6.07, 6.45) is -0.155. The zero-order valence-corrected chi connectivity index (χ0v) is 17.1. The lowest BCUT2D eigenvalue weighted by atomic mass is 9.76. The number of hydrogen-bond donors (Lipinski definition) is 3. The Hall–Kier alpha value is -3.52. The molecule has 2 aromatic rings. The van der Waals surface area contributed by atoms with Gasteiger partial charge in [-0.1, -0.05) is 36.4 Å². The number of primary amides is 1. The quantitative estimate of drug-likeness (QED) is 0.645. The van der Waals surface area contributed by atoms with Gasteiger partial charge in [0.2, 0.25) is 23.6 Å². The second-order valence-electron chi connectivity index (χ2n) is 8.48. The van der Waals surface area contributed by atoms with Crippen LogP contribution in [0.3, 0.4) is 0 Å². The maximum Gasteiger partial charge on any atom is 0.250 e. The summed E-state index contributed by atoms with van der Waals surface area (Å²) < 4.78 is 0. The number of anilines is 2. The molecule has 158 valence electrons. The third kappa shape index (κ3) is 2.45. The van der Waals surface area contributed by atoms with E-state index in [1.54, 1.807) is 24.3 Å². The predicted octanol–water partition coefficient (Wildman–Crippen LogP) is 1.10. The largest absolute Gasteiger partial charge is 0.370 e. The summed E-state index contributed by atoms with van der Waals surface area (Å²) in [5, 5.41) is 6.02. The van der Waals surface area contributed by atoms with Crippen LogP contribution in [0.4, 0.5) is 11.4 Å². The molecular weight excluding hydrogens is 396 g/mol. The molecule has 0 aliphatic carbocycles. The first-order valence-corrected chi connectivity index (χ1v) is 10.2. The molecule has 3 heterocycles. The molecule has 4 N–H and O–H groups in total. The van der Waals surface area contributed by atoms with Gasteiger partial charge in [-0.15, -0.1) is 0 Å². The Morgan fingerprint density at radius 1 is 1.03 bits per heavy atom. The molecule has 8 heteroatoms. The zero-order chi connectivity index (χ0) is 22.1. The van der Waals surface area contributed by atoms with E-state index in [0.717, 1.165) is 11.1 Å². The van der Waals surface area contributed by atoms with Crippen molar-refractivity contribution in [2.75, 3.05) is 10.2 Å². The molecule has 31 heavy (non-hydrogen) atoms. The van der Waals surface area contributed by atoms with Crippen molar-refractivity contribution in [1.29, 1.82) is 0 Å². The van der Waals surface area contributed by atoms with Gasteiger partial charge in [-0.2, -0.15) is 0 Å². The number of nitrogens with zero attached hydrogens (tertiary/aromatic N) is 1. The van der Waals surface area contributed by atoms with Crippen LogP contribution in [0.2, 0.25) is 0 Å². The Morgan fingerprint density at radius 3 is 2.39 bits per heavy atom. The van der Waals surface area contributed by atoms with E-state index < -0.39 is 47.0 Å². The van der Waals surface area contributed by atoms with Crippen molar-refractivity contribution in [3.63, 3.8) is 0 Å². The maximum atomic E-state index is 13.8. The van der Waals surface area contributed by atoms with E-state index in [4.69, 9.17) is 5.73 Å². The minimum atomic E-state index is -1.43. The number of fused-ring (bicyclic) bond motifs is 4. The average molecular weight is 418 g/mol. The minimum Gasteiger partial charge on any atom is -0.370 e. The van der Waals surface area contributed by atoms with E-state index in [-0.39, 0.29) is 6.42 Å². The Morgan fingerprint density at radius 2 is 1.71 bits per heavy atom. The van der Waals surface area contributed by atoms with Crippen LogP contribution in [-0.2, 0) is 24.7 Å². The molecule has 2 saturated heterocycles. The van der Waals surface area contributed by atoms with Crippen molar-refractivity contribution in [2.24, 2.45) is 17.6 Å². The molecule has 2 fully saturated rings. The van der Waals surface area contributed by atoms with Gasteiger partial charge in [-0.25, -0.2) is 4.90 Å². The van der Waals surface area contributed by atoms with Crippen molar-refractivity contribution >= 4 is 35.0 Å². The summed E-state index contributed by atoms with van der Waals surface area (Å²) in [5.41, 5.74) is 7.32. The fourth-order valence-corrected chi connectivity index (χ4v) is 5.53. The summed E-state index contributed by atoms with van der Waals surface area (Å²) >= 11 is 0. The Labute approximate surface area is 178 Å². The monoisotopic (exact) mass is 418 g/mol. The molecule has 0 radical (unpaired) electrons. The molecule has 5 rings (SSSR count). The highest BCUT2D eigenvalue weighted by molar-refractivity contribution is 6.26. The van der Waals surface area contributed by atoms with Gasteiger partial charge >= 0.3 is 0 Å². The number of carbonyl (C=O) groups excluding carboxylic acids is 4. The highest BCUT2D eigenvalue weighted by Gasteiger charge is 2.70. The van der Waals surface area contributed by atoms with Crippen molar-refractivity contribution < 1.29 is 19.2 Å². The lowest BCUT2D eigenvalue weighted by Gasteiger charge is -2.30. The van der Waals surface area contributed by atoms with Gasteiger partial charge in [0.25, 0.3) is 0 Å². The molecule has 3 aliphatic heterocycles. The molecule has 4 amide bonds. The topological polar surface area (TPSA) is 122 Å². The van der Waals surface area contributed by atoms with E-state index in [1.165, 1.54) is 4.90 Å². The summed E-state index contributed by atoms with van der Waals surface area (Å²) in [4.78, 5) is 53.7.